The maximum absolute atomic E-state index is 12.7. The third kappa shape index (κ3) is 3.55. The predicted molar refractivity (Wildman–Crippen MR) is 117 cm³/mol. The summed E-state index contributed by atoms with van der Waals surface area (Å²) >= 11 is 0. The zero-order valence-corrected chi connectivity index (χ0v) is 16.9. The van der Waals surface area contributed by atoms with Crippen LogP contribution in [0.1, 0.15) is 11.1 Å². The average Bonchev–Trinajstić information content (AvgIpc) is 3.04. The van der Waals surface area contributed by atoms with Crippen LogP contribution in [0.3, 0.4) is 0 Å². The number of alkyl halides is 2. The summed E-state index contributed by atoms with van der Waals surface area (Å²) in [5.41, 5.74) is 3.85. The van der Waals surface area contributed by atoms with E-state index in [1.54, 1.807) is 42.9 Å². The molecule has 32 heavy (non-hydrogen) atoms. The zero-order chi connectivity index (χ0) is 22.1. The third-order valence-electron chi connectivity index (χ3n) is 5.29. The van der Waals surface area contributed by atoms with Crippen molar-refractivity contribution in [2.45, 2.75) is 13.2 Å². The molecule has 2 N–H and O–H groups in total. The van der Waals surface area contributed by atoms with Gasteiger partial charge in [0.1, 0.15) is 30.0 Å². The van der Waals surface area contributed by atoms with Gasteiger partial charge in [0, 0.05) is 11.1 Å². The van der Waals surface area contributed by atoms with Gasteiger partial charge in [-0.25, -0.2) is 0 Å². The Kier molecular flexibility index (Phi) is 5.01. The second-order valence-electron chi connectivity index (χ2n) is 7.31. The van der Waals surface area contributed by atoms with Crippen LogP contribution < -0.4 is 15.3 Å². The highest BCUT2D eigenvalue weighted by Crippen LogP contribution is 2.36. The van der Waals surface area contributed by atoms with E-state index in [-0.39, 0.29) is 16.9 Å². The number of benzene rings is 2. The number of quaternary nitrogens is 1. The van der Waals surface area contributed by atoms with Crippen molar-refractivity contribution in [1.82, 2.24) is 0 Å². The molecule has 2 aromatic carbocycles. The van der Waals surface area contributed by atoms with Crippen LogP contribution in [-0.4, -0.2) is 23.3 Å². The van der Waals surface area contributed by atoms with Gasteiger partial charge in [0.25, 0.3) is 5.84 Å². The van der Waals surface area contributed by atoms with Gasteiger partial charge < -0.3 is 9.47 Å². The maximum Gasteiger partial charge on any atom is 0.387 e. The molecule has 2 aromatic rings. The number of aliphatic imine (C=N–C) groups is 2. The van der Waals surface area contributed by atoms with E-state index in [1.807, 2.05) is 36.4 Å². The number of halogens is 2. The van der Waals surface area contributed by atoms with Crippen LogP contribution in [0.4, 0.5) is 8.78 Å². The summed E-state index contributed by atoms with van der Waals surface area (Å²) in [4.78, 5) is 9.05. The van der Waals surface area contributed by atoms with E-state index in [9.17, 15) is 8.78 Å². The largest absolute Gasteiger partial charge is 0.489 e. The predicted octanol–water partition coefficient (Wildman–Crippen LogP) is 4.58. The number of rotatable bonds is 7. The lowest BCUT2D eigenvalue weighted by Gasteiger charge is -2.26. The van der Waals surface area contributed by atoms with Crippen LogP contribution in [0, 0.1) is 0 Å². The van der Waals surface area contributed by atoms with Crippen LogP contribution in [0.15, 0.2) is 106 Å². The number of hydrogen-bond donors (Lipinski definition) is 1. The molecule has 1 unspecified atom stereocenters. The highest BCUT2D eigenvalue weighted by Gasteiger charge is 2.44. The molecule has 5 rings (SSSR count). The van der Waals surface area contributed by atoms with Gasteiger partial charge in [-0.1, -0.05) is 42.5 Å². The molecule has 2 heterocycles. The Morgan fingerprint density at radius 1 is 1.09 bits per heavy atom. The first-order chi connectivity index (χ1) is 15.5. The summed E-state index contributed by atoms with van der Waals surface area (Å²) in [5.74, 6) is 7.99. The molecular formula is C24H19F2N4O2+. The van der Waals surface area contributed by atoms with Gasteiger partial charge in [0.15, 0.2) is 0 Å². The molecule has 160 valence electrons. The zero-order valence-electron chi connectivity index (χ0n) is 16.9. The molecule has 0 saturated carbocycles. The van der Waals surface area contributed by atoms with Crippen LogP contribution >= 0.6 is 0 Å². The van der Waals surface area contributed by atoms with Gasteiger partial charge in [-0.2, -0.15) is 19.6 Å². The monoisotopic (exact) mass is 433 g/mol. The fourth-order valence-corrected chi connectivity index (χ4v) is 3.66. The smallest absolute Gasteiger partial charge is 0.387 e. The van der Waals surface area contributed by atoms with Crippen molar-refractivity contribution in [3.63, 3.8) is 0 Å². The third-order valence-corrected chi connectivity index (χ3v) is 5.29. The van der Waals surface area contributed by atoms with Crippen LogP contribution in [-0.2, 0) is 6.61 Å². The normalized spacial score (nSPS) is 20.8. The van der Waals surface area contributed by atoms with Crippen LogP contribution in [0.25, 0.3) is 0 Å². The van der Waals surface area contributed by atoms with Crippen molar-refractivity contribution in [2.75, 3.05) is 0 Å². The van der Waals surface area contributed by atoms with Crippen molar-refractivity contribution in [3.8, 4) is 11.5 Å². The number of nitrogens with zero attached hydrogens (tertiary/aromatic N) is 3. The van der Waals surface area contributed by atoms with Crippen molar-refractivity contribution >= 4 is 12.1 Å². The van der Waals surface area contributed by atoms with Crippen molar-refractivity contribution in [3.05, 3.63) is 107 Å². The summed E-state index contributed by atoms with van der Waals surface area (Å²) in [6.07, 6.45) is 11.0. The van der Waals surface area contributed by atoms with Crippen molar-refractivity contribution < 1.29 is 22.8 Å². The standard InChI is InChI=1S/C24H19F2N4O2/c25-24(26)32-21-10-2-1-5-18(21)15-31-19-9-4-8-17(13-19)23-29-22(16-6-3-7-16)20-14-28-11-12-30(20,23)27/h1-14,24H,15,27H2/q+1. The molecule has 0 bridgehead atoms. The van der Waals surface area contributed by atoms with E-state index in [2.05, 4.69) is 9.73 Å². The van der Waals surface area contributed by atoms with Crippen molar-refractivity contribution in [2.24, 2.45) is 15.8 Å². The minimum absolute atomic E-state index is 0.0699. The van der Waals surface area contributed by atoms with E-state index in [4.69, 9.17) is 15.6 Å². The lowest BCUT2D eigenvalue weighted by molar-refractivity contribution is -0.750. The Hall–Kier alpha value is -3.88. The molecule has 0 fully saturated rings. The second-order valence-corrected chi connectivity index (χ2v) is 7.31. The first-order valence-corrected chi connectivity index (χ1v) is 9.91. The molecule has 6 nitrogen and oxygen atoms in total. The Morgan fingerprint density at radius 3 is 2.72 bits per heavy atom. The average molecular weight is 433 g/mol. The molecule has 0 radical (unpaired) electrons. The summed E-state index contributed by atoms with van der Waals surface area (Å²) in [6.45, 7) is -2.83. The lowest BCUT2D eigenvalue weighted by Crippen LogP contribution is -2.53. The Morgan fingerprint density at radius 2 is 1.94 bits per heavy atom. The van der Waals surface area contributed by atoms with E-state index < -0.39 is 6.61 Å². The Bertz CT molecular complexity index is 1260. The van der Waals surface area contributed by atoms with Gasteiger partial charge in [-0.15, -0.1) is 4.59 Å². The first kappa shape index (κ1) is 20.0. The van der Waals surface area contributed by atoms with Gasteiger partial charge in [-0.3, -0.25) is 4.99 Å². The van der Waals surface area contributed by atoms with Gasteiger partial charge in [0.05, 0.1) is 18.0 Å². The topological polar surface area (TPSA) is 69.2 Å². The van der Waals surface area contributed by atoms with Gasteiger partial charge in [-0.05, 0) is 24.3 Å². The minimum Gasteiger partial charge on any atom is -0.489 e. The number of ether oxygens (including phenoxy) is 2. The number of nitrogens with two attached hydrogens (primary N) is 1. The maximum atomic E-state index is 12.7. The number of amidine groups is 1. The molecule has 3 aliphatic rings. The lowest BCUT2D eigenvalue weighted by atomic mass is 10.0. The quantitative estimate of drug-likeness (QED) is 0.513. The number of allylic oxidation sites excluding steroid dienone is 4. The molecule has 0 saturated heterocycles. The van der Waals surface area contributed by atoms with E-state index in [0.717, 1.165) is 22.5 Å². The summed E-state index contributed by atoms with van der Waals surface area (Å²) < 4.78 is 35.7. The molecule has 0 aromatic heterocycles. The van der Waals surface area contributed by atoms with Crippen molar-refractivity contribution in [1.29, 1.82) is 0 Å². The van der Waals surface area contributed by atoms with Gasteiger partial charge >= 0.3 is 6.61 Å². The number of para-hydroxylation sites is 1. The molecule has 0 spiro atoms. The Labute approximate surface area is 183 Å². The molecular weight excluding hydrogens is 414 g/mol. The fraction of sp³-hybridized carbons (Fsp3) is 0.0833. The molecule has 8 heteroatoms. The molecule has 2 aliphatic heterocycles. The molecule has 1 atom stereocenters. The summed E-state index contributed by atoms with van der Waals surface area (Å²) in [7, 11) is 0. The van der Waals surface area contributed by atoms with E-state index in [0.29, 0.717) is 17.1 Å². The van der Waals surface area contributed by atoms with E-state index in [1.165, 1.54) is 6.07 Å². The van der Waals surface area contributed by atoms with Gasteiger partial charge in [0.2, 0.25) is 5.70 Å². The summed E-state index contributed by atoms with van der Waals surface area (Å²) in [6, 6.07) is 13.9. The SMILES string of the molecule is N[N+]12C=CN=CC1=C(C1=CC=C1)N=C2c1cccc(OCc2ccccc2OC(F)F)c1. The van der Waals surface area contributed by atoms with Crippen LogP contribution in [0.5, 0.6) is 11.5 Å². The minimum atomic E-state index is -2.90. The Balaban J connectivity index is 1.41. The molecule has 1 aliphatic carbocycles. The molecule has 0 amide bonds. The highest BCUT2D eigenvalue weighted by molar-refractivity contribution is 6.01. The number of hydrogen-bond acceptors (Lipinski definition) is 5. The first-order valence-electron chi connectivity index (χ1n) is 9.91. The fourth-order valence-electron chi connectivity index (χ4n) is 3.66. The van der Waals surface area contributed by atoms with E-state index >= 15 is 0 Å². The second kappa shape index (κ2) is 7.99. The summed E-state index contributed by atoms with van der Waals surface area (Å²) in [5, 5.41) is 0. The number of fused-ring (bicyclic) bond motifs is 1. The van der Waals surface area contributed by atoms with Crippen LogP contribution in [0.2, 0.25) is 0 Å². The highest BCUT2D eigenvalue weighted by atomic mass is 19.3.